The molecule has 1 N–H and O–H groups in total. The van der Waals surface area contributed by atoms with Crippen LogP contribution in [0.5, 0.6) is 0 Å². The van der Waals surface area contributed by atoms with E-state index < -0.39 is 16.9 Å². The molecule has 8 nitrogen and oxygen atoms in total. The molecule has 0 aliphatic rings. The number of aliphatic hydroxyl groups is 1. The fourth-order valence-corrected chi connectivity index (χ4v) is 2.71. The maximum atomic E-state index is 12.7. The van der Waals surface area contributed by atoms with E-state index in [-0.39, 0.29) is 30.0 Å². The van der Waals surface area contributed by atoms with Gasteiger partial charge in [0.05, 0.1) is 18.5 Å². The Bertz CT molecular complexity index is 867. The van der Waals surface area contributed by atoms with Gasteiger partial charge in [-0.3, -0.25) is 18.7 Å². The summed E-state index contributed by atoms with van der Waals surface area (Å²) in [7, 11) is 1.56. The lowest BCUT2D eigenvalue weighted by atomic mass is 10.0. The molecule has 0 bridgehead atoms. The van der Waals surface area contributed by atoms with Crippen LogP contribution in [0.2, 0.25) is 0 Å². The monoisotopic (exact) mass is 336 g/mol. The standard InChI is InChI=1S/C16H24N4O4/c1-11(21)9-19-10-17-13-12(19)14(22)20(15(23)18(13)4)8-6-5-7-16(2,3)24/h10,24H,5-9H2,1-4H3. The largest absolute Gasteiger partial charge is 0.390 e. The third-order valence-corrected chi connectivity index (χ3v) is 3.91. The van der Waals surface area contributed by atoms with E-state index in [2.05, 4.69) is 4.98 Å². The highest BCUT2D eigenvalue weighted by molar-refractivity contribution is 5.78. The summed E-state index contributed by atoms with van der Waals surface area (Å²) in [5.41, 5.74) is -1.09. The predicted molar refractivity (Wildman–Crippen MR) is 90.1 cm³/mol. The van der Waals surface area contributed by atoms with Crippen molar-refractivity contribution >= 4 is 16.9 Å². The number of hydrogen-bond donors (Lipinski definition) is 1. The number of Topliss-reactive ketones (excluding diaryl/α,β-unsaturated/α-hetero) is 1. The zero-order valence-electron chi connectivity index (χ0n) is 14.6. The van der Waals surface area contributed by atoms with Gasteiger partial charge in [0.1, 0.15) is 5.78 Å². The van der Waals surface area contributed by atoms with Gasteiger partial charge < -0.3 is 9.67 Å². The van der Waals surface area contributed by atoms with Crippen molar-refractivity contribution in [1.82, 2.24) is 18.7 Å². The minimum Gasteiger partial charge on any atom is -0.390 e. The molecule has 2 heterocycles. The van der Waals surface area contributed by atoms with Crippen LogP contribution in [0.1, 0.15) is 40.0 Å². The minimum absolute atomic E-state index is 0.0443. The van der Waals surface area contributed by atoms with Crippen LogP contribution in [0.15, 0.2) is 15.9 Å². The Morgan fingerprint density at radius 1 is 1.29 bits per heavy atom. The number of aromatic nitrogens is 4. The highest BCUT2D eigenvalue weighted by Crippen LogP contribution is 2.12. The molecule has 0 amide bonds. The number of rotatable bonds is 7. The molecule has 0 unspecified atom stereocenters. The third kappa shape index (κ3) is 3.81. The van der Waals surface area contributed by atoms with Crippen LogP contribution in [0.3, 0.4) is 0 Å². The molecule has 0 radical (unpaired) electrons. The first-order valence-corrected chi connectivity index (χ1v) is 7.98. The lowest BCUT2D eigenvalue weighted by molar-refractivity contribution is -0.117. The van der Waals surface area contributed by atoms with Gasteiger partial charge in [-0.25, -0.2) is 9.78 Å². The molecule has 2 rings (SSSR count). The Balaban J connectivity index is 2.38. The first-order valence-electron chi connectivity index (χ1n) is 7.98. The summed E-state index contributed by atoms with van der Waals surface area (Å²) in [5, 5.41) is 9.72. The summed E-state index contributed by atoms with van der Waals surface area (Å²) >= 11 is 0. The average molecular weight is 336 g/mol. The number of hydrogen-bond acceptors (Lipinski definition) is 5. The van der Waals surface area contributed by atoms with Gasteiger partial charge in [-0.2, -0.15) is 0 Å². The number of nitrogens with zero attached hydrogens (tertiary/aromatic N) is 4. The Morgan fingerprint density at radius 3 is 2.54 bits per heavy atom. The van der Waals surface area contributed by atoms with Crippen LogP contribution < -0.4 is 11.2 Å². The molecule has 0 aromatic carbocycles. The van der Waals surface area contributed by atoms with E-state index in [1.54, 1.807) is 20.9 Å². The van der Waals surface area contributed by atoms with Crippen molar-refractivity contribution in [1.29, 1.82) is 0 Å². The SMILES string of the molecule is CC(=O)Cn1cnc2c1c(=O)n(CCCCC(C)(C)O)c(=O)n2C. The van der Waals surface area contributed by atoms with E-state index >= 15 is 0 Å². The van der Waals surface area contributed by atoms with E-state index in [1.807, 2.05) is 0 Å². The summed E-state index contributed by atoms with van der Waals surface area (Å²) < 4.78 is 3.97. The molecule has 8 heteroatoms. The van der Waals surface area contributed by atoms with Crippen molar-refractivity contribution in [2.45, 2.75) is 58.7 Å². The smallest absolute Gasteiger partial charge is 0.332 e. The minimum atomic E-state index is -0.764. The van der Waals surface area contributed by atoms with E-state index in [1.165, 1.54) is 27.0 Å². The number of carbonyl (C=O) groups excluding carboxylic acids is 1. The number of carbonyl (C=O) groups is 1. The molecular weight excluding hydrogens is 312 g/mol. The first kappa shape index (κ1) is 18.1. The van der Waals surface area contributed by atoms with E-state index in [0.717, 1.165) is 0 Å². The highest BCUT2D eigenvalue weighted by atomic mass is 16.3. The third-order valence-electron chi connectivity index (χ3n) is 3.91. The van der Waals surface area contributed by atoms with Crippen molar-refractivity contribution < 1.29 is 9.90 Å². The van der Waals surface area contributed by atoms with Crippen LogP contribution in [0.25, 0.3) is 11.2 Å². The van der Waals surface area contributed by atoms with Gasteiger partial charge in [-0.15, -0.1) is 0 Å². The molecule has 2 aromatic rings. The Hall–Kier alpha value is -2.22. The van der Waals surface area contributed by atoms with Crippen molar-refractivity contribution in [2.24, 2.45) is 7.05 Å². The number of ketones is 1. The van der Waals surface area contributed by atoms with Gasteiger partial charge in [-0.05, 0) is 40.0 Å². The van der Waals surface area contributed by atoms with Crippen LogP contribution >= 0.6 is 0 Å². The van der Waals surface area contributed by atoms with Crippen LogP contribution in [-0.2, 0) is 24.9 Å². The van der Waals surface area contributed by atoms with Gasteiger partial charge in [0.25, 0.3) is 5.56 Å². The number of aryl methyl sites for hydroxylation is 1. The van der Waals surface area contributed by atoms with Crippen molar-refractivity contribution in [3.05, 3.63) is 27.2 Å². The maximum absolute atomic E-state index is 12.7. The normalized spacial score (nSPS) is 12.0. The molecule has 0 aliphatic carbocycles. The fraction of sp³-hybridized carbons (Fsp3) is 0.625. The van der Waals surface area contributed by atoms with Crippen molar-refractivity contribution in [2.75, 3.05) is 0 Å². The fourth-order valence-electron chi connectivity index (χ4n) is 2.71. The van der Waals surface area contributed by atoms with Crippen LogP contribution in [-0.4, -0.2) is 35.2 Å². The zero-order chi connectivity index (χ0) is 18.1. The molecule has 0 atom stereocenters. The van der Waals surface area contributed by atoms with Crippen LogP contribution in [0.4, 0.5) is 0 Å². The molecule has 2 aromatic heterocycles. The van der Waals surface area contributed by atoms with Crippen molar-refractivity contribution in [3.63, 3.8) is 0 Å². The lowest BCUT2D eigenvalue weighted by Gasteiger charge is -2.16. The molecule has 24 heavy (non-hydrogen) atoms. The van der Waals surface area contributed by atoms with E-state index in [0.29, 0.717) is 19.3 Å². The first-order chi connectivity index (χ1) is 11.1. The Morgan fingerprint density at radius 2 is 1.96 bits per heavy atom. The molecule has 132 valence electrons. The second-order valence-corrected chi connectivity index (χ2v) is 6.81. The summed E-state index contributed by atoms with van der Waals surface area (Å²) in [5.74, 6) is -0.0979. The molecule has 0 spiro atoms. The Kier molecular flexibility index (Phi) is 5.08. The van der Waals surface area contributed by atoms with E-state index in [9.17, 15) is 19.5 Å². The molecular formula is C16H24N4O4. The number of fused-ring (bicyclic) bond motifs is 1. The summed E-state index contributed by atoms with van der Waals surface area (Å²) in [6.07, 6.45) is 3.30. The van der Waals surface area contributed by atoms with E-state index in [4.69, 9.17) is 0 Å². The van der Waals surface area contributed by atoms with Crippen molar-refractivity contribution in [3.8, 4) is 0 Å². The van der Waals surface area contributed by atoms with Crippen LogP contribution in [0, 0.1) is 0 Å². The highest BCUT2D eigenvalue weighted by Gasteiger charge is 2.17. The van der Waals surface area contributed by atoms with Gasteiger partial charge in [-0.1, -0.05) is 0 Å². The number of imidazole rings is 1. The summed E-state index contributed by atoms with van der Waals surface area (Å²) in [4.78, 5) is 40.5. The second kappa shape index (κ2) is 6.72. The predicted octanol–water partition coefficient (Wildman–Crippen LogP) is 0.427. The van der Waals surface area contributed by atoms with Gasteiger partial charge in [0.15, 0.2) is 11.2 Å². The number of unbranched alkanes of at least 4 members (excludes halogenated alkanes) is 1. The second-order valence-electron chi connectivity index (χ2n) is 6.81. The average Bonchev–Trinajstić information content (AvgIpc) is 2.86. The quantitative estimate of drug-likeness (QED) is 0.739. The maximum Gasteiger partial charge on any atom is 0.332 e. The zero-order valence-corrected chi connectivity index (χ0v) is 14.6. The van der Waals surface area contributed by atoms with Gasteiger partial charge in [0.2, 0.25) is 0 Å². The topological polar surface area (TPSA) is 99.1 Å². The summed E-state index contributed by atoms with van der Waals surface area (Å²) in [6.45, 7) is 5.20. The Labute approximate surface area is 139 Å². The van der Waals surface area contributed by atoms with Gasteiger partial charge >= 0.3 is 5.69 Å². The van der Waals surface area contributed by atoms with Gasteiger partial charge in [0, 0.05) is 13.6 Å². The molecule has 0 fully saturated rings. The lowest BCUT2D eigenvalue weighted by Crippen LogP contribution is -2.39. The summed E-state index contributed by atoms with van der Waals surface area (Å²) in [6, 6.07) is 0. The molecule has 0 saturated carbocycles. The molecule has 0 aliphatic heterocycles. The molecule has 0 saturated heterocycles.